The number of halogens is 1. The van der Waals surface area contributed by atoms with E-state index < -0.39 is 5.92 Å². The average Bonchev–Trinajstić information content (AvgIpc) is 3.06. The number of nitrogens with one attached hydrogen (secondary N) is 1. The Labute approximate surface area is 188 Å². The Morgan fingerprint density at radius 2 is 1.81 bits per heavy atom. The summed E-state index contributed by atoms with van der Waals surface area (Å²) in [6.07, 6.45) is 0.144. The Balaban J connectivity index is 1.58. The number of likely N-dealkylation sites (tertiary alicyclic amines) is 1. The van der Waals surface area contributed by atoms with Gasteiger partial charge in [-0.3, -0.25) is 14.4 Å². The van der Waals surface area contributed by atoms with Crippen LogP contribution in [-0.2, 0) is 20.9 Å². The molecule has 1 saturated heterocycles. The third-order valence-corrected chi connectivity index (χ3v) is 5.95. The molecule has 1 fully saturated rings. The maximum atomic E-state index is 12.9. The fourth-order valence-corrected chi connectivity index (χ4v) is 4.28. The molecule has 1 unspecified atom stereocenters. The van der Waals surface area contributed by atoms with Crippen molar-refractivity contribution in [3.8, 4) is 0 Å². The predicted molar refractivity (Wildman–Crippen MR) is 122 cm³/mol. The number of likely N-dealkylation sites (N-methyl/N-ethyl adjacent to an activating group) is 1. The molecule has 3 rings (SSSR count). The molecule has 1 heterocycles. The van der Waals surface area contributed by atoms with Gasteiger partial charge in [-0.15, -0.1) is 0 Å². The van der Waals surface area contributed by atoms with Crippen LogP contribution in [0.3, 0.4) is 0 Å². The molecule has 2 aromatic rings. The Kier molecular flexibility index (Phi) is 7.01. The fraction of sp³-hybridized carbons (Fsp3) is 0.375. The zero-order valence-electron chi connectivity index (χ0n) is 18.4. The van der Waals surface area contributed by atoms with Crippen LogP contribution in [-0.4, -0.2) is 47.7 Å². The molecule has 6 nitrogen and oxygen atoms in total. The average molecular weight is 442 g/mol. The first kappa shape index (κ1) is 22.8. The van der Waals surface area contributed by atoms with Gasteiger partial charge >= 0.3 is 0 Å². The van der Waals surface area contributed by atoms with E-state index in [-0.39, 0.29) is 30.7 Å². The van der Waals surface area contributed by atoms with Crippen molar-refractivity contribution in [1.29, 1.82) is 0 Å². The molecule has 3 amide bonds. The second-order valence-electron chi connectivity index (χ2n) is 8.28. The molecule has 164 valence electrons. The molecule has 0 saturated carbocycles. The number of hydrogen-bond donors (Lipinski definition) is 1. The second-order valence-corrected chi connectivity index (χ2v) is 8.69. The molecule has 2 aromatic carbocycles. The molecule has 0 bridgehead atoms. The standard InChI is InChI=1S/C24H28ClN3O3/c1-15-9-16(2)23(17(3)10-15)26-21(29)14-27(4)24(31)19-11-22(30)28(13-19)12-18-7-5-6-8-20(18)25/h5-10,19H,11-14H2,1-4H3,(H,26,29). The molecule has 0 spiro atoms. The van der Waals surface area contributed by atoms with Gasteiger partial charge in [0.2, 0.25) is 17.7 Å². The van der Waals surface area contributed by atoms with Crippen LogP contribution in [0.2, 0.25) is 5.02 Å². The van der Waals surface area contributed by atoms with Gasteiger partial charge in [0, 0.05) is 37.3 Å². The summed E-state index contributed by atoms with van der Waals surface area (Å²) in [5.41, 5.74) is 4.72. The molecular weight excluding hydrogens is 414 g/mol. The van der Waals surface area contributed by atoms with Crippen LogP contribution in [0.1, 0.15) is 28.7 Å². The third-order valence-electron chi connectivity index (χ3n) is 5.58. The Bertz CT molecular complexity index is 998. The van der Waals surface area contributed by atoms with E-state index >= 15 is 0 Å². The van der Waals surface area contributed by atoms with E-state index in [2.05, 4.69) is 5.32 Å². The molecule has 1 N–H and O–H groups in total. The first-order chi connectivity index (χ1) is 14.7. The minimum absolute atomic E-state index is 0.0687. The highest BCUT2D eigenvalue weighted by Crippen LogP contribution is 2.25. The highest BCUT2D eigenvalue weighted by atomic mass is 35.5. The summed E-state index contributed by atoms with van der Waals surface area (Å²) in [6.45, 7) is 6.53. The molecule has 1 aliphatic rings. The van der Waals surface area contributed by atoms with Gasteiger partial charge in [-0.05, 0) is 43.5 Å². The van der Waals surface area contributed by atoms with Crippen molar-refractivity contribution in [1.82, 2.24) is 9.80 Å². The molecule has 0 radical (unpaired) electrons. The summed E-state index contributed by atoms with van der Waals surface area (Å²) in [6, 6.07) is 11.4. The van der Waals surface area contributed by atoms with E-state index in [4.69, 9.17) is 11.6 Å². The maximum absolute atomic E-state index is 12.9. The lowest BCUT2D eigenvalue weighted by Gasteiger charge is -2.22. The van der Waals surface area contributed by atoms with Crippen molar-refractivity contribution in [3.05, 3.63) is 63.7 Å². The first-order valence-electron chi connectivity index (χ1n) is 10.3. The smallest absolute Gasteiger partial charge is 0.243 e. The van der Waals surface area contributed by atoms with Gasteiger partial charge in [0.15, 0.2) is 0 Å². The van der Waals surface area contributed by atoms with E-state index in [9.17, 15) is 14.4 Å². The van der Waals surface area contributed by atoms with E-state index in [1.54, 1.807) is 18.0 Å². The van der Waals surface area contributed by atoms with Crippen LogP contribution in [0.15, 0.2) is 36.4 Å². The largest absolute Gasteiger partial charge is 0.337 e. The van der Waals surface area contributed by atoms with Gasteiger partial charge in [-0.2, -0.15) is 0 Å². The topological polar surface area (TPSA) is 69.7 Å². The van der Waals surface area contributed by atoms with Crippen LogP contribution in [0.4, 0.5) is 5.69 Å². The quantitative estimate of drug-likeness (QED) is 0.742. The molecular formula is C24H28ClN3O3. The molecule has 0 aliphatic carbocycles. The number of aryl methyl sites for hydroxylation is 3. The summed E-state index contributed by atoms with van der Waals surface area (Å²) in [7, 11) is 1.60. The Hall–Kier alpha value is -2.86. The van der Waals surface area contributed by atoms with Crippen molar-refractivity contribution in [2.75, 3.05) is 25.5 Å². The second kappa shape index (κ2) is 9.52. The van der Waals surface area contributed by atoms with Crippen molar-refractivity contribution < 1.29 is 14.4 Å². The number of benzene rings is 2. The Morgan fingerprint density at radius 3 is 2.45 bits per heavy atom. The van der Waals surface area contributed by atoms with Crippen LogP contribution < -0.4 is 5.32 Å². The lowest BCUT2D eigenvalue weighted by atomic mass is 10.0. The van der Waals surface area contributed by atoms with Crippen molar-refractivity contribution in [2.24, 2.45) is 5.92 Å². The van der Waals surface area contributed by atoms with Crippen molar-refractivity contribution in [3.63, 3.8) is 0 Å². The zero-order chi connectivity index (χ0) is 22.7. The van der Waals surface area contributed by atoms with Gasteiger partial charge < -0.3 is 15.1 Å². The zero-order valence-corrected chi connectivity index (χ0v) is 19.1. The number of carbonyl (C=O) groups is 3. The third kappa shape index (κ3) is 5.44. The summed E-state index contributed by atoms with van der Waals surface area (Å²) < 4.78 is 0. The predicted octanol–water partition coefficient (Wildman–Crippen LogP) is 3.71. The minimum atomic E-state index is -0.462. The van der Waals surface area contributed by atoms with Crippen molar-refractivity contribution in [2.45, 2.75) is 33.7 Å². The van der Waals surface area contributed by atoms with Gasteiger partial charge in [-0.25, -0.2) is 0 Å². The molecule has 7 heteroatoms. The SMILES string of the molecule is Cc1cc(C)c(NC(=O)CN(C)C(=O)C2CC(=O)N(Cc3ccccc3Cl)C2)c(C)c1. The molecule has 31 heavy (non-hydrogen) atoms. The number of hydrogen-bond acceptors (Lipinski definition) is 3. The van der Waals surface area contributed by atoms with Gasteiger partial charge in [0.25, 0.3) is 0 Å². The number of rotatable bonds is 6. The van der Waals surface area contributed by atoms with E-state index in [0.717, 1.165) is 27.9 Å². The van der Waals surface area contributed by atoms with Crippen molar-refractivity contribution >= 4 is 35.0 Å². The minimum Gasteiger partial charge on any atom is -0.337 e. The van der Waals surface area contributed by atoms with Gasteiger partial charge in [0.05, 0.1) is 12.5 Å². The molecule has 1 atom stereocenters. The number of anilines is 1. The lowest BCUT2D eigenvalue weighted by molar-refractivity contribution is -0.137. The molecule has 0 aromatic heterocycles. The summed E-state index contributed by atoms with van der Waals surface area (Å²) in [4.78, 5) is 40.9. The van der Waals surface area contributed by atoms with Gasteiger partial charge in [0.1, 0.15) is 0 Å². The summed E-state index contributed by atoms with van der Waals surface area (Å²) >= 11 is 6.20. The van der Waals surface area contributed by atoms with Crippen LogP contribution in [0.5, 0.6) is 0 Å². The summed E-state index contributed by atoms with van der Waals surface area (Å²) in [5, 5.41) is 3.51. The number of carbonyl (C=O) groups excluding carboxylic acids is 3. The highest BCUT2D eigenvalue weighted by molar-refractivity contribution is 6.31. The van der Waals surface area contributed by atoms with E-state index in [1.165, 1.54) is 4.90 Å². The van der Waals surface area contributed by atoms with Crippen LogP contribution in [0.25, 0.3) is 0 Å². The van der Waals surface area contributed by atoms with Gasteiger partial charge in [-0.1, -0.05) is 47.5 Å². The Morgan fingerprint density at radius 1 is 1.16 bits per heavy atom. The number of amides is 3. The molecule has 1 aliphatic heterocycles. The van der Waals surface area contributed by atoms with E-state index in [0.29, 0.717) is 18.1 Å². The monoisotopic (exact) mass is 441 g/mol. The first-order valence-corrected chi connectivity index (χ1v) is 10.7. The van der Waals surface area contributed by atoms with E-state index in [1.807, 2.05) is 51.1 Å². The normalized spacial score (nSPS) is 15.8. The lowest BCUT2D eigenvalue weighted by Crippen LogP contribution is -2.39. The van der Waals surface area contributed by atoms with Crippen LogP contribution >= 0.6 is 11.6 Å². The highest BCUT2D eigenvalue weighted by Gasteiger charge is 2.36. The summed E-state index contributed by atoms with van der Waals surface area (Å²) in [5.74, 6) is -1.01. The number of nitrogens with zero attached hydrogens (tertiary/aromatic N) is 2. The fourth-order valence-electron chi connectivity index (χ4n) is 4.08. The maximum Gasteiger partial charge on any atom is 0.243 e. The van der Waals surface area contributed by atoms with Crippen LogP contribution in [0, 0.1) is 26.7 Å².